The van der Waals surface area contributed by atoms with Crippen molar-refractivity contribution in [2.24, 2.45) is 0 Å². The molecule has 3 aromatic rings. The fourth-order valence-electron chi connectivity index (χ4n) is 3.06. The summed E-state index contributed by atoms with van der Waals surface area (Å²) in [4.78, 5) is 21.0. The van der Waals surface area contributed by atoms with Crippen LogP contribution in [0.25, 0.3) is 10.9 Å². The molecule has 0 atom stereocenters. The van der Waals surface area contributed by atoms with Crippen LogP contribution < -0.4 is 10.1 Å². The number of hydrogen-bond acceptors (Lipinski definition) is 4. The van der Waals surface area contributed by atoms with Crippen LogP contribution in [0.5, 0.6) is 5.75 Å². The van der Waals surface area contributed by atoms with Gasteiger partial charge in [0.05, 0.1) is 6.54 Å². The number of hydrogen-bond donors (Lipinski definition) is 2. The highest BCUT2D eigenvalue weighted by molar-refractivity contribution is 5.82. The number of amides is 2. The molecule has 4 rings (SSSR count). The molecule has 0 aliphatic carbocycles. The molecule has 0 unspecified atom stereocenters. The van der Waals surface area contributed by atoms with E-state index in [1.165, 1.54) is 18.7 Å². The number of aromatic amines is 1. The number of benzene rings is 1. The van der Waals surface area contributed by atoms with E-state index in [1.807, 2.05) is 6.07 Å². The molecule has 2 aromatic heterocycles. The van der Waals surface area contributed by atoms with Crippen molar-refractivity contribution in [2.75, 3.05) is 13.1 Å². The summed E-state index contributed by atoms with van der Waals surface area (Å²) in [6.07, 6.45) is 4.85. The molecule has 0 saturated carbocycles. The number of fused-ring (bicyclic) bond motifs is 1. The maximum absolute atomic E-state index is 14.2. The van der Waals surface area contributed by atoms with Gasteiger partial charge in [0.2, 0.25) is 0 Å². The standard InChI is InChI=1S/C18H19FN4O3/c19-15-6-12-5-13(8-20-18(24)23-3-1-2-4-23)22-16(12)7-17(15)26-10-14-9-25-11-21-14/h5-7,9,11,22H,1-4,8,10H2,(H,20,24). The first-order valence-electron chi connectivity index (χ1n) is 8.53. The summed E-state index contributed by atoms with van der Waals surface area (Å²) in [6.45, 7) is 2.09. The molecule has 0 radical (unpaired) electrons. The average Bonchev–Trinajstić information content (AvgIpc) is 3.38. The number of likely N-dealkylation sites (tertiary alicyclic amines) is 1. The molecule has 0 spiro atoms. The van der Waals surface area contributed by atoms with E-state index in [1.54, 1.807) is 11.0 Å². The van der Waals surface area contributed by atoms with Gasteiger partial charge in [-0.1, -0.05) is 0 Å². The number of aromatic nitrogens is 2. The van der Waals surface area contributed by atoms with Gasteiger partial charge in [-0.3, -0.25) is 0 Å². The van der Waals surface area contributed by atoms with Gasteiger partial charge in [0.25, 0.3) is 0 Å². The third-order valence-corrected chi connectivity index (χ3v) is 4.41. The number of rotatable bonds is 5. The summed E-state index contributed by atoms with van der Waals surface area (Å²) in [7, 11) is 0. The molecule has 3 heterocycles. The monoisotopic (exact) mass is 358 g/mol. The minimum Gasteiger partial charge on any atom is -0.484 e. The second-order valence-electron chi connectivity index (χ2n) is 6.29. The smallest absolute Gasteiger partial charge is 0.317 e. The van der Waals surface area contributed by atoms with E-state index >= 15 is 0 Å². The zero-order valence-corrected chi connectivity index (χ0v) is 14.1. The van der Waals surface area contributed by atoms with Crippen molar-refractivity contribution in [3.8, 4) is 5.75 Å². The van der Waals surface area contributed by atoms with Crippen LogP contribution in [0.15, 0.2) is 35.3 Å². The number of carbonyl (C=O) groups excluding carboxylic acids is 1. The lowest BCUT2D eigenvalue weighted by Gasteiger charge is -2.15. The fraction of sp³-hybridized carbons (Fsp3) is 0.333. The van der Waals surface area contributed by atoms with Crippen molar-refractivity contribution < 1.29 is 18.3 Å². The summed E-state index contributed by atoms with van der Waals surface area (Å²) >= 11 is 0. The number of oxazole rings is 1. The Balaban J connectivity index is 1.43. The van der Waals surface area contributed by atoms with Crippen LogP contribution in [-0.2, 0) is 13.2 Å². The van der Waals surface area contributed by atoms with Gasteiger partial charge in [-0.05, 0) is 25.0 Å². The molecular formula is C18H19FN4O3. The van der Waals surface area contributed by atoms with Gasteiger partial charge in [-0.25, -0.2) is 14.2 Å². The topological polar surface area (TPSA) is 83.4 Å². The van der Waals surface area contributed by atoms with Crippen molar-refractivity contribution in [1.29, 1.82) is 0 Å². The van der Waals surface area contributed by atoms with Crippen LogP contribution in [-0.4, -0.2) is 34.0 Å². The molecule has 1 aliphatic rings. The Morgan fingerprint density at radius 1 is 1.35 bits per heavy atom. The van der Waals surface area contributed by atoms with Crippen LogP contribution in [0.4, 0.5) is 9.18 Å². The minimum atomic E-state index is -0.451. The van der Waals surface area contributed by atoms with Gasteiger partial charge in [-0.15, -0.1) is 0 Å². The van der Waals surface area contributed by atoms with E-state index in [0.29, 0.717) is 12.2 Å². The predicted molar refractivity (Wildman–Crippen MR) is 92.1 cm³/mol. The van der Waals surface area contributed by atoms with Gasteiger partial charge >= 0.3 is 6.03 Å². The minimum absolute atomic E-state index is 0.0658. The lowest BCUT2D eigenvalue weighted by molar-refractivity contribution is 0.208. The highest BCUT2D eigenvalue weighted by Gasteiger charge is 2.17. The van der Waals surface area contributed by atoms with E-state index in [0.717, 1.165) is 42.5 Å². The highest BCUT2D eigenvalue weighted by atomic mass is 19.1. The molecule has 7 nitrogen and oxygen atoms in total. The Morgan fingerprint density at radius 3 is 2.96 bits per heavy atom. The van der Waals surface area contributed by atoms with E-state index < -0.39 is 5.82 Å². The van der Waals surface area contributed by atoms with Gasteiger partial charge in [0.1, 0.15) is 18.6 Å². The Labute approximate surface area is 149 Å². The summed E-state index contributed by atoms with van der Waals surface area (Å²) in [5.41, 5.74) is 2.13. The van der Waals surface area contributed by atoms with Crippen molar-refractivity contribution in [2.45, 2.75) is 26.0 Å². The number of H-pyrrole nitrogens is 1. The van der Waals surface area contributed by atoms with Crippen molar-refractivity contribution >= 4 is 16.9 Å². The van der Waals surface area contributed by atoms with Crippen LogP contribution in [0, 0.1) is 5.82 Å². The highest BCUT2D eigenvalue weighted by Crippen LogP contribution is 2.26. The quantitative estimate of drug-likeness (QED) is 0.734. The second kappa shape index (κ2) is 7.07. The van der Waals surface area contributed by atoms with E-state index in [2.05, 4.69) is 15.3 Å². The fourth-order valence-corrected chi connectivity index (χ4v) is 3.06. The van der Waals surface area contributed by atoms with Crippen molar-refractivity contribution in [1.82, 2.24) is 20.2 Å². The van der Waals surface area contributed by atoms with E-state index in [9.17, 15) is 9.18 Å². The lowest BCUT2D eigenvalue weighted by Crippen LogP contribution is -2.37. The van der Waals surface area contributed by atoms with Crippen LogP contribution >= 0.6 is 0 Å². The maximum atomic E-state index is 14.2. The van der Waals surface area contributed by atoms with Gasteiger partial charge in [0, 0.05) is 35.8 Å². The Hall–Kier alpha value is -3.03. The zero-order chi connectivity index (χ0) is 17.9. The van der Waals surface area contributed by atoms with Crippen LogP contribution in [0.2, 0.25) is 0 Å². The summed E-state index contributed by atoms with van der Waals surface area (Å²) in [5.74, 6) is -0.317. The SMILES string of the molecule is O=C(NCc1cc2cc(F)c(OCc3cocn3)cc2[nH]1)N1CCCC1. The molecule has 8 heteroatoms. The van der Waals surface area contributed by atoms with E-state index in [4.69, 9.17) is 9.15 Å². The number of nitrogens with one attached hydrogen (secondary N) is 2. The Morgan fingerprint density at radius 2 is 2.19 bits per heavy atom. The number of carbonyl (C=O) groups is 1. The number of halogens is 1. The van der Waals surface area contributed by atoms with Gasteiger partial charge < -0.3 is 24.4 Å². The molecule has 2 amide bonds. The largest absolute Gasteiger partial charge is 0.484 e. The second-order valence-corrected chi connectivity index (χ2v) is 6.29. The molecule has 1 aliphatic heterocycles. The first-order valence-corrected chi connectivity index (χ1v) is 8.53. The number of nitrogens with zero attached hydrogens (tertiary/aromatic N) is 2. The van der Waals surface area contributed by atoms with Gasteiger partial charge in [0.15, 0.2) is 18.0 Å². The maximum Gasteiger partial charge on any atom is 0.317 e. The molecule has 2 N–H and O–H groups in total. The van der Waals surface area contributed by atoms with Crippen LogP contribution in [0.1, 0.15) is 24.2 Å². The average molecular weight is 358 g/mol. The van der Waals surface area contributed by atoms with Crippen molar-refractivity contribution in [3.05, 3.63) is 48.1 Å². The molecule has 136 valence electrons. The first-order chi connectivity index (χ1) is 12.7. The Kier molecular flexibility index (Phi) is 4.47. The van der Waals surface area contributed by atoms with Crippen LogP contribution in [0.3, 0.4) is 0 Å². The molecule has 26 heavy (non-hydrogen) atoms. The molecule has 1 saturated heterocycles. The molecule has 1 aromatic carbocycles. The molecular weight excluding hydrogens is 339 g/mol. The molecule has 1 fully saturated rings. The number of urea groups is 1. The normalized spacial score (nSPS) is 14.1. The predicted octanol–water partition coefficient (Wildman–Crippen LogP) is 3.18. The zero-order valence-electron chi connectivity index (χ0n) is 14.1. The summed E-state index contributed by atoms with van der Waals surface area (Å²) < 4.78 is 24.5. The molecule has 0 bridgehead atoms. The Bertz CT molecular complexity index is 901. The first kappa shape index (κ1) is 16.4. The summed E-state index contributed by atoms with van der Waals surface area (Å²) in [5, 5.41) is 3.61. The van der Waals surface area contributed by atoms with Crippen molar-refractivity contribution in [3.63, 3.8) is 0 Å². The lowest BCUT2D eigenvalue weighted by atomic mass is 10.2. The number of ether oxygens (including phenoxy) is 1. The third-order valence-electron chi connectivity index (χ3n) is 4.41. The van der Waals surface area contributed by atoms with E-state index in [-0.39, 0.29) is 18.4 Å². The van der Waals surface area contributed by atoms with Gasteiger partial charge in [-0.2, -0.15) is 0 Å². The third kappa shape index (κ3) is 3.49. The summed E-state index contributed by atoms with van der Waals surface area (Å²) in [6, 6.07) is 4.78.